The Morgan fingerprint density at radius 3 is 2.46 bits per heavy atom. The average molecular weight is 399 g/mol. The second-order valence-corrected chi connectivity index (χ2v) is 9.82. The van der Waals surface area contributed by atoms with Gasteiger partial charge in [-0.05, 0) is 56.3 Å². The number of thiazole rings is 1. The fraction of sp³-hybridized carbons (Fsp3) is 0.619. The summed E-state index contributed by atoms with van der Waals surface area (Å²) in [5, 5.41) is 0. The van der Waals surface area contributed by atoms with E-state index in [2.05, 4.69) is 9.97 Å². The zero-order chi connectivity index (χ0) is 19.1. The van der Waals surface area contributed by atoms with E-state index in [0.29, 0.717) is 13.2 Å². The summed E-state index contributed by atoms with van der Waals surface area (Å²) < 4.78 is 7.29. The maximum absolute atomic E-state index is 13.4. The van der Waals surface area contributed by atoms with Crippen LogP contribution in [0.3, 0.4) is 0 Å². The van der Waals surface area contributed by atoms with Crippen molar-refractivity contribution < 1.29 is 9.53 Å². The molecule has 4 bridgehead atoms. The summed E-state index contributed by atoms with van der Waals surface area (Å²) in [6, 6.07) is 0. The first-order valence-corrected chi connectivity index (χ1v) is 11.0. The SMILES string of the molecule is COCCn1cc(-c2cncnc2)sc1=NC(=O)C12CC3CC(CC(C3)C1)C2. The summed E-state index contributed by atoms with van der Waals surface area (Å²) >= 11 is 1.54. The van der Waals surface area contributed by atoms with Crippen molar-refractivity contribution in [3.63, 3.8) is 0 Å². The lowest BCUT2D eigenvalue weighted by atomic mass is 9.49. The van der Waals surface area contributed by atoms with Crippen LogP contribution in [0.1, 0.15) is 38.5 Å². The number of rotatable bonds is 5. The van der Waals surface area contributed by atoms with Crippen LogP contribution in [0.15, 0.2) is 29.9 Å². The van der Waals surface area contributed by atoms with Crippen molar-refractivity contribution in [2.75, 3.05) is 13.7 Å². The zero-order valence-electron chi connectivity index (χ0n) is 16.2. The lowest BCUT2D eigenvalue weighted by Gasteiger charge is -2.55. The maximum Gasteiger partial charge on any atom is 0.254 e. The molecule has 2 aromatic heterocycles. The van der Waals surface area contributed by atoms with Crippen molar-refractivity contribution in [1.82, 2.24) is 14.5 Å². The molecular weight excluding hydrogens is 372 g/mol. The minimum atomic E-state index is -0.201. The highest BCUT2D eigenvalue weighted by Gasteiger charge is 2.54. The third kappa shape index (κ3) is 3.24. The fourth-order valence-electron chi connectivity index (χ4n) is 5.95. The molecule has 0 spiro atoms. The van der Waals surface area contributed by atoms with Gasteiger partial charge in [-0.25, -0.2) is 9.97 Å². The number of methoxy groups -OCH3 is 1. The lowest BCUT2D eigenvalue weighted by molar-refractivity contribution is -0.142. The Kier molecular flexibility index (Phi) is 4.67. The maximum atomic E-state index is 13.4. The Bertz CT molecular complexity index is 898. The Labute approximate surface area is 168 Å². The van der Waals surface area contributed by atoms with Crippen LogP contribution < -0.4 is 4.80 Å². The Balaban J connectivity index is 1.50. The van der Waals surface area contributed by atoms with E-state index in [9.17, 15) is 4.79 Å². The van der Waals surface area contributed by atoms with E-state index in [1.54, 1.807) is 19.5 Å². The summed E-state index contributed by atoms with van der Waals surface area (Å²) in [6.07, 6.45) is 14.3. The number of ether oxygens (including phenoxy) is 1. The van der Waals surface area contributed by atoms with E-state index in [4.69, 9.17) is 9.73 Å². The van der Waals surface area contributed by atoms with Crippen molar-refractivity contribution in [3.05, 3.63) is 29.7 Å². The first-order valence-electron chi connectivity index (χ1n) is 10.2. The van der Waals surface area contributed by atoms with Crippen LogP contribution in [0, 0.1) is 23.2 Å². The molecule has 0 N–H and O–H groups in total. The van der Waals surface area contributed by atoms with Gasteiger partial charge < -0.3 is 9.30 Å². The molecule has 4 aliphatic rings. The second kappa shape index (κ2) is 7.19. The first kappa shape index (κ1) is 18.2. The standard InChI is InChI=1S/C21H26N4O2S/c1-27-3-2-25-12-18(17-10-22-13-23-11-17)28-20(25)24-19(26)21-7-14-4-15(8-21)6-16(5-14)9-21/h10-16H,2-9H2,1H3. The van der Waals surface area contributed by atoms with E-state index < -0.39 is 0 Å². The molecule has 4 aliphatic carbocycles. The topological polar surface area (TPSA) is 69.4 Å². The van der Waals surface area contributed by atoms with Crippen LogP contribution in [0.2, 0.25) is 0 Å². The van der Waals surface area contributed by atoms with Crippen LogP contribution in [0.25, 0.3) is 10.4 Å². The molecule has 0 radical (unpaired) electrons. The van der Waals surface area contributed by atoms with Gasteiger partial charge in [0.05, 0.1) is 16.9 Å². The number of hydrogen-bond donors (Lipinski definition) is 0. The van der Waals surface area contributed by atoms with Crippen LogP contribution in [0.5, 0.6) is 0 Å². The quantitative estimate of drug-likeness (QED) is 0.775. The zero-order valence-corrected chi connectivity index (χ0v) is 17.0. The van der Waals surface area contributed by atoms with Gasteiger partial charge in [-0.1, -0.05) is 11.3 Å². The van der Waals surface area contributed by atoms with Gasteiger partial charge in [0.1, 0.15) is 6.33 Å². The van der Waals surface area contributed by atoms with E-state index in [1.807, 2.05) is 10.8 Å². The lowest BCUT2D eigenvalue weighted by Crippen LogP contribution is -2.49. The summed E-state index contributed by atoms with van der Waals surface area (Å²) in [5.74, 6) is 2.33. The number of aromatic nitrogens is 3. The second-order valence-electron chi connectivity index (χ2n) is 8.81. The van der Waals surface area contributed by atoms with Crippen molar-refractivity contribution in [2.24, 2.45) is 28.2 Å². The predicted octanol–water partition coefficient (Wildman–Crippen LogP) is 3.30. The molecule has 148 valence electrons. The van der Waals surface area contributed by atoms with Gasteiger partial charge in [-0.3, -0.25) is 4.79 Å². The molecule has 6 nitrogen and oxygen atoms in total. The van der Waals surface area contributed by atoms with Gasteiger partial charge in [-0.2, -0.15) is 4.99 Å². The van der Waals surface area contributed by atoms with Crippen LogP contribution in [-0.2, 0) is 16.1 Å². The van der Waals surface area contributed by atoms with Crippen molar-refractivity contribution in [3.8, 4) is 10.4 Å². The molecule has 0 aliphatic heterocycles. The number of carbonyl (C=O) groups excluding carboxylic acids is 1. The summed E-state index contributed by atoms with van der Waals surface area (Å²) in [5.41, 5.74) is 0.746. The van der Waals surface area contributed by atoms with Gasteiger partial charge >= 0.3 is 0 Å². The smallest absolute Gasteiger partial charge is 0.254 e. The highest BCUT2D eigenvalue weighted by atomic mass is 32.1. The van der Waals surface area contributed by atoms with Crippen molar-refractivity contribution in [1.29, 1.82) is 0 Å². The van der Waals surface area contributed by atoms with E-state index >= 15 is 0 Å². The minimum Gasteiger partial charge on any atom is -0.383 e. The average Bonchev–Trinajstić information content (AvgIpc) is 3.08. The van der Waals surface area contributed by atoms with E-state index in [0.717, 1.165) is 52.3 Å². The molecule has 2 aromatic rings. The van der Waals surface area contributed by atoms with E-state index in [1.165, 1.54) is 36.9 Å². The van der Waals surface area contributed by atoms with Crippen molar-refractivity contribution in [2.45, 2.75) is 45.1 Å². The summed E-state index contributed by atoms with van der Waals surface area (Å²) in [6.45, 7) is 1.26. The fourth-order valence-corrected chi connectivity index (χ4v) is 6.94. The summed E-state index contributed by atoms with van der Waals surface area (Å²) in [7, 11) is 1.69. The normalized spacial score (nSPS) is 31.5. The molecule has 4 fully saturated rings. The molecular formula is C21H26N4O2S. The van der Waals surface area contributed by atoms with Crippen LogP contribution in [0.4, 0.5) is 0 Å². The van der Waals surface area contributed by atoms with Crippen LogP contribution in [-0.4, -0.2) is 34.2 Å². The highest BCUT2D eigenvalue weighted by molar-refractivity contribution is 7.12. The molecule has 4 saturated carbocycles. The number of hydrogen-bond acceptors (Lipinski definition) is 5. The third-order valence-electron chi connectivity index (χ3n) is 6.79. The Morgan fingerprint density at radius 1 is 1.21 bits per heavy atom. The van der Waals surface area contributed by atoms with Gasteiger partial charge in [0.25, 0.3) is 5.91 Å². The first-order chi connectivity index (χ1) is 13.6. The van der Waals surface area contributed by atoms with Gasteiger partial charge in [0.15, 0.2) is 4.80 Å². The molecule has 28 heavy (non-hydrogen) atoms. The van der Waals surface area contributed by atoms with Gasteiger partial charge in [0, 0.05) is 37.8 Å². The van der Waals surface area contributed by atoms with Crippen LogP contribution >= 0.6 is 11.3 Å². The molecule has 7 heteroatoms. The molecule has 6 rings (SSSR count). The summed E-state index contributed by atoms with van der Waals surface area (Å²) in [4.78, 5) is 28.1. The van der Waals surface area contributed by atoms with E-state index in [-0.39, 0.29) is 11.3 Å². The number of nitrogens with zero attached hydrogens (tertiary/aromatic N) is 4. The van der Waals surface area contributed by atoms with Gasteiger partial charge in [-0.15, -0.1) is 0 Å². The van der Waals surface area contributed by atoms with Gasteiger partial charge in [0.2, 0.25) is 0 Å². The molecule has 0 unspecified atom stereocenters. The third-order valence-corrected chi connectivity index (χ3v) is 7.86. The molecule has 0 atom stereocenters. The predicted molar refractivity (Wildman–Crippen MR) is 106 cm³/mol. The minimum absolute atomic E-state index is 0.107. The highest BCUT2D eigenvalue weighted by Crippen LogP contribution is 2.60. The number of carbonyl (C=O) groups is 1. The molecule has 0 saturated heterocycles. The monoisotopic (exact) mass is 398 g/mol. The largest absolute Gasteiger partial charge is 0.383 e. The molecule has 1 amide bonds. The number of amides is 1. The Hall–Kier alpha value is -1.86. The molecule has 0 aromatic carbocycles. The molecule has 2 heterocycles. The Morgan fingerprint density at radius 2 is 1.86 bits per heavy atom. The van der Waals surface area contributed by atoms with Crippen molar-refractivity contribution >= 4 is 17.2 Å².